The lowest BCUT2D eigenvalue weighted by Crippen LogP contribution is -2.51. The number of thiophene rings is 1. The molecule has 2 heterocycles. The first-order valence-corrected chi connectivity index (χ1v) is 10.8. The van der Waals surface area contributed by atoms with E-state index in [2.05, 4.69) is 52.4 Å². The zero-order valence-corrected chi connectivity index (χ0v) is 18.2. The lowest BCUT2D eigenvalue weighted by atomic mass is 10.0. The lowest BCUT2D eigenvalue weighted by molar-refractivity contribution is -0.131. The van der Waals surface area contributed by atoms with Gasteiger partial charge >= 0.3 is 0 Å². The Hall–Kier alpha value is -2.22. The van der Waals surface area contributed by atoms with Crippen LogP contribution in [0.2, 0.25) is 0 Å². The molecule has 1 atom stereocenters. The molecule has 0 radical (unpaired) electrons. The first kappa shape index (κ1) is 21.5. The lowest BCUT2D eigenvalue weighted by Gasteiger charge is -2.34. The third-order valence-corrected chi connectivity index (χ3v) is 6.17. The fraction of sp³-hybridized carbons (Fsp3) is 0.455. The van der Waals surface area contributed by atoms with Gasteiger partial charge in [0.25, 0.3) is 0 Å². The molecule has 0 unspecified atom stereocenters. The van der Waals surface area contributed by atoms with Gasteiger partial charge in [-0.25, -0.2) is 0 Å². The molecular formula is C22H30N4O2S. The molecular weight excluding hydrogens is 384 g/mol. The molecule has 1 saturated heterocycles. The van der Waals surface area contributed by atoms with Crippen LogP contribution in [0.1, 0.15) is 22.0 Å². The molecule has 3 rings (SSSR count). The summed E-state index contributed by atoms with van der Waals surface area (Å²) in [6.45, 7) is 6.08. The average Bonchev–Trinajstić information content (AvgIpc) is 3.23. The molecule has 1 aromatic carbocycles. The number of benzene rings is 1. The molecule has 1 N–H and O–H groups in total. The van der Waals surface area contributed by atoms with Crippen LogP contribution in [0.25, 0.3) is 0 Å². The summed E-state index contributed by atoms with van der Waals surface area (Å²) in [5, 5.41) is 5.25. The number of carbonyl (C=O) groups is 2. The summed E-state index contributed by atoms with van der Waals surface area (Å²) in [4.78, 5) is 31.7. The molecule has 1 fully saturated rings. The molecule has 6 nitrogen and oxygen atoms in total. The SMILES string of the molecule is Cc1ccc([C@H](NC(=O)CN2CCN(CC(=O)N(C)C)CC2)c2cccs2)cc1. The minimum atomic E-state index is -0.123. The summed E-state index contributed by atoms with van der Waals surface area (Å²) in [6.07, 6.45) is 0. The number of hydrogen-bond donors (Lipinski definition) is 1. The highest BCUT2D eigenvalue weighted by Crippen LogP contribution is 2.26. The number of likely N-dealkylation sites (N-methyl/N-ethyl adjacent to an activating group) is 1. The summed E-state index contributed by atoms with van der Waals surface area (Å²) < 4.78 is 0. The fourth-order valence-corrected chi connectivity index (χ4v) is 4.18. The van der Waals surface area contributed by atoms with Crippen LogP contribution in [0.5, 0.6) is 0 Å². The Morgan fingerprint density at radius 2 is 1.66 bits per heavy atom. The number of rotatable bonds is 7. The maximum atomic E-state index is 12.8. The third kappa shape index (κ3) is 6.13. The monoisotopic (exact) mass is 414 g/mol. The van der Waals surface area contributed by atoms with Crippen molar-refractivity contribution in [3.05, 3.63) is 57.8 Å². The van der Waals surface area contributed by atoms with Gasteiger partial charge < -0.3 is 10.2 Å². The summed E-state index contributed by atoms with van der Waals surface area (Å²) >= 11 is 1.66. The Morgan fingerprint density at radius 1 is 1.03 bits per heavy atom. The van der Waals surface area contributed by atoms with Gasteiger partial charge in [0, 0.05) is 45.2 Å². The van der Waals surface area contributed by atoms with Gasteiger partial charge in [0.1, 0.15) is 0 Å². The van der Waals surface area contributed by atoms with E-state index in [4.69, 9.17) is 0 Å². The highest BCUT2D eigenvalue weighted by atomic mass is 32.1. The molecule has 0 aliphatic carbocycles. The van der Waals surface area contributed by atoms with Gasteiger partial charge in [-0.15, -0.1) is 11.3 Å². The number of nitrogens with one attached hydrogen (secondary N) is 1. The summed E-state index contributed by atoms with van der Waals surface area (Å²) in [6, 6.07) is 12.3. The van der Waals surface area contributed by atoms with Crippen LogP contribution in [-0.4, -0.2) is 79.9 Å². The largest absolute Gasteiger partial charge is 0.348 e. The number of nitrogens with zero attached hydrogens (tertiary/aromatic N) is 3. The highest BCUT2D eigenvalue weighted by molar-refractivity contribution is 7.10. The van der Waals surface area contributed by atoms with E-state index in [9.17, 15) is 9.59 Å². The molecule has 0 spiro atoms. The van der Waals surface area contributed by atoms with Crippen molar-refractivity contribution >= 4 is 23.2 Å². The van der Waals surface area contributed by atoms with Crippen molar-refractivity contribution in [1.29, 1.82) is 0 Å². The average molecular weight is 415 g/mol. The van der Waals surface area contributed by atoms with E-state index < -0.39 is 0 Å². The quantitative estimate of drug-likeness (QED) is 0.753. The van der Waals surface area contributed by atoms with Gasteiger partial charge in [-0.3, -0.25) is 19.4 Å². The Bertz CT molecular complexity index is 797. The van der Waals surface area contributed by atoms with Gasteiger partial charge in [0.15, 0.2) is 0 Å². The van der Waals surface area contributed by atoms with E-state index in [1.807, 2.05) is 11.4 Å². The molecule has 2 amide bonds. The van der Waals surface area contributed by atoms with Crippen LogP contribution in [0, 0.1) is 6.92 Å². The molecule has 29 heavy (non-hydrogen) atoms. The van der Waals surface area contributed by atoms with Crippen molar-refractivity contribution in [3.63, 3.8) is 0 Å². The van der Waals surface area contributed by atoms with Gasteiger partial charge in [-0.05, 0) is 23.9 Å². The normalized spacial score (nSPS) is 16.4. The Kier molecular flexibility index (Phi) is 7.41. The molecule has 1 aliphatic heterocycles. The predicted octanol–water partition coefficient (Wildman–Crippen LogP) is 1.97. The first-order chi connectivity index (χ1) is 13.9. The molecule has 7 heteroatoms. The van der Waals surface area contributed by atoms with Gasteiger partial charge in [-0.1, -0.05) is 35.9 Å². The second-order valence-corrected chi connectivity index (χ2v) is 8.75. The van der Waals surface area contributed by atoms with E-state index in [-0.39, 0.29) is 17.9 Å². The highest BCUT2D eigenvalue weighted by Gasteiger charge is 2.23. The zero-order valence-electron chi connectivity index (χ0n) is 17.4. The number of hydrogen-bond acceptors (Lipinski definition) is 5. The second-order valence-electron chi connectivity index (χ2n) is 7.77. The second kappa shape index (κ2) is 10.0. The summed E-state index contributed by atoms with van der Waals surface area (Å²) in [5.74, 6) is 0.148. The molecule has 0 bridgehead atoms. The number of piperazine rings is 1. The molecule has 156 valence electrons. The zero-order chi connectivity index (χ0) is 20.8. The first-order valence-electron chi connectivity index (χ1n) is 9.96. The summed E-state index contributed by atoms with van der Waals surface area (Å²) in [7, 11) is 3.56. The number of aryl methyl sites for hydroxylation is 1. The fourth-order valence-electron chi connectivity index (χ4n) is 3.38. The number of carbonyl (C=O) groups excluding carboxylic acids is 2. The summed E-state index contributed by atoms with van der Waals surface area (Å²) in [5.41, 5.74) is 2.30. The minimum absolute atomic E-state index is 0.0294. The van der Waals surface area contributed by atoms with Gasteiger partial charge in [0.05, 0.1) is 19.1 Å². The Balaban J connectivity index is 1.55. The van der Waals surface area contributed by atoms with E-state index in [1.165, 1.54) is 5.56 Å². The van der Waals surface area contributed by atoms with Crippen molar-refractivity contribution in [2.75, 3.05) is 53.4 Å². The maximum absolute atomic E-state index is 12.8. The smallest absolute Gasteiger partial charge is 0.236 e. The van der Waals surface area contributed by atoms with Crippen molar-refractivity contribution in [2.45, 2.75) is 13.0 Å². The van der Waals surface area contributed by atoms with Crippen LogP contribution >= 0.6 is 11.3 Å². The minimum Gasteiger partial charge on any atom is -0.348 e. The van der Waals surface area contributed by atoms with Crippen molar-refractivity contribution in [2.24, 2.45) is 0 Å². The van der Waals surface area contributed by atoms with E-state index in [0.29, 0.717) is 13.1 Å². The Morgan fingerprint density at radius 3 is 2.21 bits per heavy atom. The van der Waals surface area contributed by atoms with Crippen LogP contribution < -0.4 is 5.32 Å². The van der Waals surface area contributed by atoms with Crippen LogP contribution in [0.3, 0.4) is 0 Å². The van der Waals surface area contributed by atoms with Crippen LogP contribution in [0.15, 0.2) is 41.8 Å². The Labute approximate surface area is 177 Å². The topological polar surface area (TPSA) is 55.9 Å². The van der Waals surface area contributed by atoms with E-state index in [1.54, 1.807) is 30.3 Å². The number of amides is 2. The van der Waals surface area contributed by atoms with Crippen molar-refractivity contribution in [3.8, 4) is 0 Å². The molecule has 1 aliphatic rings. The molecule has 0 saturated carbocycles. The van der Waals surface area contributed by atoms with Gasteiger partial charge in [-0.2, -0.15) is 0 Å². The van der Waals surface area contributed by atoms with Crippen LogP contribution in [-0.2, 0) is 9.59 Å². The molecule has 1 aromatic heterocycles. The van der Waals surface area contributed by atoms with Gasteiger partial charge in [0.2, 0.25) is 11.8 Å². The predicted molar refractivity (Wildman–Crippen MR) is 117 cm³/mol. The third-order valence-electron chi connectivity index (χ3n) is 5.23. The standard InChI is InChI=1S/C22H30N4O2S/c1-17-6-8-18(9-7-17)22(19-5-4-14-29-19)23-20(27)15-25-10-12-26(13-11-25)16-21(28)24(2)3/h4-9,14,22H,10-13,15-16H2,1-3H3,(H,23,27)/t22-/m0/s1. The van der Waals surface area contributed by atoms with E-state index >= 15 is 0 Å². The van der Waals surface area contributed by atoms with Crippen molar-refractivity contribution < 1.29 is 9.59 Å². The molecule has 2 aromatic rings. The van der Waals surface area contributed by atoms with E-state index in [0.717, 1.165) is 36.6 Å². The van der Waals surface area contributed by atoms with Crippen molar-refractivity contribution in [1.82, 2.24) is 20.0 Å². The van der Waals surface area contributed by atoms with Crippen LogP contribution in [0.4, 0.5) is 0 Å². The maximum Gasteiger partial charge on any atom is 0.236 e.